The highest BCUT2D eigenvalue weighted by Crippen LogP contribution is 2.29. The molecule has 0 fully saturated rings. The van der Waals surface area contributed by atoms with E-state index in [1.807, 2.05) is 18.2 Å². The molecule has 3 nitrogen and oxygen atoms in total. The highest BCUT2D eigenvalue weighted by molar-refractivity contribution is 5.96. The second-order valence-electron chi connectivity index (χ2n) is 6.99. The number of hydrogen-bond acceptors (Lipinski definition) is 1. The Hall–Kier alpha value is -2.55. The van der Waals surface area contributed by atoms with Crippen LogP contribution in [0.1, 0.15) is 36.8 Å². The molecule has 0 unspecified atom stereocenters. The van der Waals surface area contributed by atoms with Gasteiger partial charge in [0.2, 0.25) is 0 Å². The largest absolute Gasteiger partial charge is 0.477 e. The number of aromatic nitrogens is 1. The number of carboxylic acid groups (broad SMARTS) is 1. The third-order valence-corrected chi connectivity index (χ3v) is 4.35. The maximum atomic E-state index is 11.3. The Bertz CT molecular complexity index is 880. The maximum absolute atomic E-state index is 11.3. The molecule has 0 amide bonds. The van der Waals surface area contributed by atoms with Crippen molar-refractivity contribution in [3.05, 3.63) is 59.8 Å². The zero-order valence-electron chi connectivity index (χ0n) is 13.9. The van der Waals surface area contributed by atoms with Crippen molar-refractivity contribution in [1.82, 2.24) is 4.57 Å². The second-order valence-corrected chi connectivity index (χ2v) is 6.99. The van der Waals surface area contributed by atoms with Crippen LogP contribution in [-0.4, -0.2) is 15.6 Å². The number of fused-ring (bicyclic) bond motifs is 1. The highest BCUT2D eigenvalue weighted by Gasteiger charge is 2.14. The average molecular weight is 307 g/mol. The minimum atomic E-state index is -0.903. The molecule has 23 heavy (non-hydrogen) atoms. The van der Waals surface area contributed by atoms with E-state index >= 15 is 0 Å². The predicted octanol–water partition coefficient (Wildman–Crippen LogP) is 4.84. The first kappa shape index (κ1) is 15.3. The van der Waals surface area contributed by atoms with Crippen molar-refractivity contribution in [1.29, 1.82) is 0 Å². The van der Waals surface area contributed by atoms with Crippen LogP contribution >= 0.6 is 0 Å². The first-order valence-electron chi connectivity index (χ1n) is 7.71. The van der Waals surface area contributed by atoms with E-state index in [1.54, 1.807) is 17.7 Å². The molecule has 0 aliphatic carbocycles. The fourth-order valence-corrected chi connectivity index (χ4v) is 2.88. The third kappa shape index (κ3) is 2.74. The average Bonchev–Trinajstić information content (AvgIpc) is 2.83. The lowest BCUT2D eigenvalue weighted by Crippen LogP contribution is -2.10. The predicted molar refractivity (Wildman–Crippen MR) is 94.0 cm³/mol. The third-order valence-electron chi connectivity index (χ3n) is 4.35. The van der Waals surface area contributed by atoms with Crippen molar-refractivity contribution in [2.45, 2.75) is 26.2 Å². The Labute approximate surface area is 136 Å². The molecule has 0 radical (unpaired) electrons. The van der Waals surface area contributed by atoms with E-state index < -0.39 is 5.97 Å². The van der Waals surface area contributed by atoms with Gasteiger partial charge in [0.05, 0.1) is 0 Å². The standard InChI is InChI=1S/C20H21NO2/c1-20(2,3)16-9-7-13(8-10-16)14-5-6-15-12-18(19(22)23)21(4)17(15)11-14/h5-12H,1-4H3,(H,22,23). The summed E-state index contributed by atoms with van der Waals surface area (Å²) in [6.45, 7) is 6.60. The fourth-order valence-electron chi connectivity index (χ4n) is 2.88. The molecule has 0 spiro atoms. The second kappa shape index (κ2) is 5.27. The van der Waals surface area contributed by atoms with Gasteiger partial charge in [0.1, 0.15) is 5.69 Å². The molecule has 118 valence electrons. The Balaban J connectivity index is 2.07. The Kier molecular flexibility index (Phi) is 3.52. The summed E-state index contributed by atoms with van der Waals surface area (Å²) in [7, 11) is 1.79. The summed E-state index contributed by atoms with van der Waals surface area (Å²) in [5, 5.41) is 10.2. The summed E-state index contributed by atoms with van der Waals surface area (Å²) in [5.74, 6) is -0.903. The van der Waals surface area contributed by atoms with Crippen LogP contribution in [0.25, 0.3) is 22.0 Å². The van der Waals surface area contributed by atoms with Gasteiger partial charge in [-0.25, -0.2) is 4.79 Å². The lowest BCUT2D eigenvalue weighted by Gasteiger charge is -2.19. The lowest BCUT2D eigenvalue weighted by molar-refractivity contribution is 0.0687. The van der Waals surface area contributed by atoms with Gasteiger partial charge in [0.25, 0.3) is 0 Å². The summed E-state index contributed by atoms with van der Waals surface area (Å²) < 4.78 is 1.73. The van der Waals surface area contributed by atoms with Crippen LogP contribution in [-0.2, 0) is 12.5 Å². The van der Waals surface area contributed by atoms with Crippen LogP contribution in [0.3, 0.4) is 0 Å². The van der Waals surface area contributed by atoms with Gasteiger partial charge in [-0.05, 0) is 34.2 Å². The van der Waals surface area contributed by atoms with E-state index in [0.717, 1.165) is 22.0 Å². The Morgan fingerprint density at radius 2 is 1.57 bits per heavy atom. The van der Waals surface area contributed by atoms with Gasteiger partial charge in [-0.1, -0.05) is 57.2 Å². The monoisotopic (exact) mass is 307 g/mol. The van der Waals surface area contributed by atoms with E-state index in [1.165, 1.54) is 5.56 Å². The molecule has 0 aliphatic rings. The van der Waals surface area contributed by atoms with Crippen molar-refractivity contribution in [2.24, 2.45) is 7.05 Å². The minimum Gasteiger partial charge on any atom is -0.477 e. The number of carbonyl (C=O) groups is 1. The van der Waals surface area contributed by atoms with E-state index in [2.05, 4.69) is 45.0 Å². The SMILES string of the molecule is Cn1c(C(=O)O)cc2ccc(-c3ccc(C(C)(C)C)cc3)cc21. The number of aromatic carboxylic acids is 1. The van der Waals surface area contributed by atoms with Gasteiger partial charge in [0, 0.05) is 18.0 Å². The molecule has 2 aromatic carbocycles. The molecule has 0 saturated heterocycles. The molecule has 1 N–H and O–H groups in total. The number of carboxylic acids is 1. The van der Waals surface area contributed by atoms with Crippen LogP contribution in [0.5, 0.6) is 0 Å². The first-order chi connectivity index (χ1) is 10.8. The van der Waals surface area contributed by atoms with Gasteiger partial charge < -0.3 is 9.67 Å². The smallest absolute Gasteiger partial charge is 0.352 e. The molecule has 1 heterocycles. The van der Waals surface area contributed by atoms with Gasteiger partial charge in [-0.15, -0.1) is 0 Å². The van der Waals surface area contributed by atoms with Crippen LogP contribution in [0, 0.1) is 0 Å². The molecule has 3 rings (SSSR count). The quantitative estimate of drug-likeness (QED) is 0.736. The normalized spacial score (nSPS) is 11.8. The van der Waals surface area contributed by atoms with E-state index in [0.29, 0.717) is 5.69 Å². The summed E-state index contributed by atoms with van der Waals surface area (Å²) >= 11 is 0. The van der Waals surface area contributed by atoms with Gasteiger partial charge in [0.15, 0.2) is 0 Å². The zero-order valence-corrected chi connectivity index (χ0v) is 13.9. The Morgan fingerprint density at radius 1 is 0.957 bits per heavy atom. The molecule has 3 aromatic rings. The number of nitrogens with zero attached hydrogens (tertiary/aromatic N) is 1. The summed E-state index contributed by atoms with van der Waals surface area (Å²) in [6.07, 6.45) is 0. The summed E-state index contributed by atoms with van der Waals surface area (Å²) in [4.78, 5) is 11.3. The number of rotatable bonds is 2. The van der Waals surface area contributed by atoms with Crippen LogP contribution in [0.4, 0.5) is 0 Å². The topological polar surface area (TPSA) is 42.2 Å². The molecular formula is C20H21NO2. The molecule has 0 bridgehead atoms. The fraction of sp³-hybridized carbons (Fsp3) is 0.250. The molecular weight excluding hydrogens is 286 g/mol. The van der Waals surface area contributed by atoms with E-state index in [-0.39, 0.29) is 5.41 Å². The molecule has 1 aromatic heterocycles. The maximum Gasteiger partial charge on any atom is 0.352 e. The number of aryl methyl sites for hydroxylation is 1. The van der Waals surface area contributed by atoms with Crippen molar-refractivity contribution in [3.63, 3.8) is 0 Å². The number of hydrogen-bond donors (Lipinski definition) is 1. The minimum absolute atomic E-state index is 0.136. The molecule has 3 heteroatoms. The Morgan fingerprint density at radius 3 is 2.13 bits per heavy atom. The number of benzene rings is 2. The van der Waals surface area contributed by atoms with Crippen molar-refractivity contribution in [3.8, 4) is 11.1 Å². The van der Waals surface area contributed by atoms with Crippen LogP contribution < -0.4 is 0 Å². The van der Waals surface area contributed by atoms with Crippen LogP contribution in [0.15, 0.2) is 48.5 Å². The first-order valence-corrected chi connectivity index (χ1v) is 7.71. The van der Waals surface area contributed by atoms with Gasteiger partial charge in [-0.3, -0.25) is 0 Å². The molecule has 0 aliphatic heterocycles. The molecule has 0 atom stereocenters. The van der Waals surface area contributed by atoms with E-state index in [4.69, 9.17) is 0 Å². The van der Waals surface area contributed by atoms with Crippen molar-refractivity contribution in [2.75, 3.05) is 0 Å². The molecule has 0 saturated carbocycles. The van der Waals surface area contributed by atoms with E-state index in [9.17, 15) is 9.90 Å². The lowest BCUT2D eigenvalue weighted by atomic mass is 9.86. The summed E-state index contributed by atoms with van der Waals surface area (Å²) in [5.41, 5.74) is 4.90. The van der Waals surface area contributed by atoms with Gasteiger partial charge in [-0.2, -0.15) is 0 Å². The van der Waals surface area contributed by atoms with Crippen LogP contribution in [0.2, 0.25) is 0 Å². The summed E-state index contributed by atoms with van der Waals surface area (Å²) in [6, 6.07) is 16.4. The van der Waals surface area contributed by atoms with Crippen molar-refractivity contribution >= 4 is 16.9 Å². The van der Waals surface area contributed by atoms with Gasteiger partial charge >= 0.3 is 5.97 Å². The zero-order chi connectivity index (χ0) is 16.8. The van der Waals surface area contributed by atoms with Crippen molar-refractivity contribution < 1.29 is 9.90 Å². The highest BCUT2D eigenvalue weighted by atomic mass is 16.4.